The number of rotatable bonds is 7. The van der Waals surface area contributed by atoms with Gasteiger partial charge in [0.15, 0.2) is 5.13 Å². The second-order valence-corrected chi connectivity index (χ2v) is 10.4. The van der Waals surface area contributed by atoms with Crippen LogP contribution < -0.4 is 26.4 Å². The number of piperazine rings is 1. The molecule has 12 heteroatoms. The summed E-state index contributed by atoms with van der Waals surface area (Å²) in [6.07, 6.45) is 5.97. The van der Waals surface area contributed by atoms with Crippen molar-refractivity contribution >= 4 is 28.3 Å². The molecule has 0 radical (unpaired) electrons. The summed E-state index contributed by atoms with van der Waals surface area (Å²) in [5.41, 5.74) is 3.19. The summed E-state index contributed by atoms with van der Waals surface area (Å²) >= 11 is 1.26. The molecule has 3 aliphatic rings. The van der Waals surface area contributed by atoms with E-state index in [4.69, 9.17) is 9.47 Å². The fourth-order valence-electron chi connectivity index (χ4n) is 5.11. The zero-order valence-corrected chi connectivity index (χ0v) is 22.1. The molecule has 0 bridgehead atoms. The lowest BCUT2D eigenvalue weighted by molar-refractivity contribution is 0.0684. The number of nitrogens with zero attached hydrogens (tertiary/aromatic N) is 4. The summed E-state index contributed by atoms with van der Waals surface area (Å²) in [5, 5.41) is 11.7. The van der Waals surface area contributed by atoms with Gasteiger partial charge in [0.2, 0.25) is 0 Å². The maximum Gasteiger partial charge on any atom is 0.335 e. The van der Waals surface area contributed by atoms with Crippen LogP contribution in [-0.4, -0.2) is 77.0 Å². The third-order valence-corrected chi connectivity index (χ3v) is 7.89. The number of benzene rings is 1. The Morgan fingerprint density at radius 1 is 1.32 bits per heavy atom. The summed E-state index contributed by atoms with van der Waals surface area (Å²) in [5.74, 6) is 0.317. The van der Waals surface area contributed by atoms with Crippen LogP contribution in [0.15, 0.2) is 52.0 Å². The van der Waals surface area contributed by atoms with Gasteiger partial charge in [0.05, 0.1) is 29.6 Å². The van der Waals surface area contributed by atoms with Crippen LogP contribution in [-0.2, 0) is 11.8 Å². The molecule has 1 amide bonds. The Balaban J connectivity index is 1.26. The van der Waals surface area contributed by atoms with Crippen LogP contribution >= 0.6 is 11.3 Å². The molecule has 0 saturated carbocycles. The van der Waals surface area contributed by atoms with Gasteiger partial charge in [-0.25, -0.2) is 14.3 Å². The van der Waals surface area contributed by atoms with E-state index in [1.165, 1.54) is 15.9 Å². The highest BCUT2D eigenvalue weighted by Gasteiger charge is 2.23. The van der Waals surface area contributed by atoms with E-state index in [0.29, 0.717) is 35.1 Å². The highest BCUT2D eigenvalue weighted by Crippen LogP contribution is 2.28. The Morgan fingerprint density at radius 3 is 3.00 bits per heavy atom. The first-order valence-corrected chi connectivity index (χ1v) is 13.8. The Bertz CT molecular complexity index is 1460. The van der Waals surface area contributed by atoms with E-state index >= 15 is 0 Å². The molecule has 5 heterocycles. The van der Waals surface area contributed by atoms with Gasteiger partial charge in [-0.3, -0.25) is 9.36 Å². The summed E-state index contributed by atoms with van der Waals surface area (Å²) in [6, 6.07) is 5.58. The first-order valence-electron chi connectivity index (χ1n) is 12.9. The van der Waals surface area contributed by atoms with Gasteiger partial charge in [0, 0.05) is 45.2 Å². The monoisotopic (exact) mass is 537 g/mol. The molecule has 38 heavy (non-hydrogen) atoms. The van der Waals surface area contributed by atoms with Crippen molar-refractivity contribution in [3.8, 4) is 10.9 Å². The van der Waals surface area contributed by atoms with Crippen molar-refractivity contribution in [3.05, 3.63) is 63.4 Å². The molecule has 2 saturated heterocycles. The van der Waals surface area contributed by atoms with Crippen molar-refractivity contribution in [2.45, 2.75) is 18.9 Å². The molecule has 1 aromatic carbocycles. The van der Waals surface area contributed by atoms with Crippen molar-refractivity contribution in [1.82, 2.24) is 35.0 Å². The molecule has 11 nitrogen and oxygen atoms in total. The number of para-hydroxylation sites is 1. The standard InChI is InChI=1S/C26H31N7O4S/c1-31-23-21(5-2-6-22(23)37-15-17-4-3-13-36-17)33(26(31)35)25-30-19(16-38-25)24(34)29-18-14-28-8-7-20(18)32-11-9-27-10-12-32/h2,5-8,16-17,27-28H,3-4,9-15H2,1H3,(H,29,34)/t17-/m0/s1. The lowest BCUT2D eigenvalue weighted by Gasteiger charge is -2.33. The summed E-state index contributed by atoms with van der Waals surface area (Å²) in [7, 11) is 1.72. The number of carbonyl (C=O) groups excluding carboxylic acids is 1. The average Bonchev–Trinajstić information content (AvgIpc) is 3.70. The number of hydrogen-bond donors (Lipinski definition) is 3. The lowest BCUT2D eigenvalue weighted by atomic mass is 10.2. The zero-order valence-electron chi connectivity index (χ0n) is 21.2. The number of dihydropyridines is 1. The first kappa shape index (κ1) is 24.7. The molecule has 3 aromatic rings. The summed E-state index contributed by atoms with van der Waals surface area (Å²) < 4.78 is 14.8. The Labute approximate surface area is 223 Å². The maximum absolute atomic E-state index is 13.3. The fourth-order valence-corrected chi connectivity index (χ4v) is 5.92. The molecular weight excluding hydrogens is 506 g/mol. The molecule has 6 rings (SSSR count). The molecule has 0 unspecified atom stereocenters. The molecule has 0 aliphatic carbocycles. The minimum absolute atomic E-state index is 0.0708. The van der Waals surface area contributed by atoms with Crippen molar-refractivity contribution in [2.75, 3.05) is 45.9 Å². The van der Waals surface area contributed by atoms with E-state index in [1.807, 2.05) is 30.5 Å². The van der Waals surface area contributed by atoms with Crippen LogP contribution in [0.25, 0.3) is 16.2 Å². The third kappa shape index (κ3) is 4.70. The van der Waals surface area contributed by atoms with Gasteiger partial charge in [-0.15, -0.1) is 11.3 Å². The number of carbonyl (C=O) groups is 1. The number of fused-ring (bicyclic) bond motifs is 1. The molecule has 0 spiro atoms. The summed E-state index contributed by atoms with van der Waals surface area (Å²) in [6.45, 7) is 5.29. The maximum atomic E-state index is 13.3. The minimum Gasteiger partial charge on any atom is -0.489 e. The fraction of sp³-hybridized carbons (Fsp3) is 0.423. The molecule has 3 N–H and O–H groups in total. The number of thiazole rings is 1. The second-order valence-electron chi connectivity index (χ2n) is 9.53. The lowest BCUT2D eigenvalue weighted by Crippen LogP contribution is -2.45. The third-order valence-electron chi connectivity index (χ3n) is 7.07. The van der Waals surface area contributed by atoms with E-state index in [2.05, 4.69) is 25.8 Å². The molecule has 3 aliphatic heterocycles. The van der Waals surface area contributed by atoms with Crippen LogP contribution in [0, 0.1) is 0 Å². The highest BCUT2D eigenvalue weighted by molar-refractivity contribution is 7.12. The molecule has 200 valence electrons. The van der Waals surface area contributed by atoms with Crippen LogP contribution in [0.4, 0.5) is 0 Å². The van der Waals surface area contributed by atoms with Gasteiger partial charge in [0.25, 0.3) is 5.91 Å². The van der Waals surface area contributed by atoms with E-state index in [-0.39, 0.29) is 23.4 Å². The Morgan fingerprint density at radius 2 is 2.18 bits per heavy atom. The number of allylic oxidation sites excluding steroid dienone is 1. The van der Waals surface area contributed by atoms with E-state index < -0.39 is 0 Å². The van der Waals surface area contributed by atoms with Crippen molar-refractivity contribution < 1.29 is 14.3 Å². The molecular formula is C26H31N7O4S. The normalized spacial score (nSPS) is 19.7. The number of imidazole rings is 1. The number of hydrogen-bond acceptors (Lipinski definition) is 9. The Kier molecular flexibility index (Phi) is 6.92. The van der Waals surface area contributed by atoms with Gasteiger partial charge in [-0.1, -0.05) is 6.07 Å². The predicted octanol–water partition coefficient (Wildman–Crippen LogP) is 1.31. The number of ether oxygens (including phenoxy) is 2. The van der Waals surface area contributed by atoms with Crippen molar-refractivity contribution in [2.24, 2.45) is 7.05 Å². The van der Waals surface area contributed by atoms with Crippen LogP contribution in [0.1, 0.15) is 23.3 Å². The van der Waals surface area contributed by atoms with Crippen LogP contribution in [0.2, 0.25) is 0 Å². The number of aromatic nitrogens is 3. The smallest absolute Gasteiger partial charge is 0.335 e. The largest absolute Gasteiger partial charge is 0.489 e. The average molecular weight is 538 g/mol. The Hall–Kier alpha value is -3.61. The van der Waals surface area contributed by atoms with Gasteiger partial charge >= 0.3 is 5.69 Å². The quantitative estimate of drug-likeness (QED) is 0.413. The molecule has 1 atom stereocenters. The molecule has 2 fully saturated rings. The number of amides is 1. The molecule has 2 aromatic heterocycles. The van der Waals surface area contributed by atoms with Crippen LogP contribution in [0.5, 0.6) is 5.75 Å². The number of aryl methyl sites for hydroxylation is 1. The highest BCUT2D eigenvalue weighted by atomic mass is 32.1. The zero-order chi connectivity index (χ0) is 26.1. The van der Waals surface area contributed by atoms with Gasteiger partial charge in [0.1, 0.15) is 23.6 Å². The van der Waals surface area contributed by atoms with E-state index in [1.54, 1.807) is 17.0 Å². The predicted molar refractivity (Wildman–Crippen MR) is 145 cm³/mol. The topological polar surface area (TPSA) is 115 Å². The van der Waals surface area contributed by atoms with Gasteiger partial charge in [-0.2, -0.15) is 0 Å². The van der Waals surface area contributed by atoms with Crippen molar-refractivity contribution in [3.63, 3.8) is 0 Å². The summed E-state index contributed by atoms with van der Waals surface area (Å²) in [4.78, 5) is 33.3. The first-order chi connectivity index (χ1) is 18.6. The minimum atomic E-state index is -0.305. The second kappa shape index (κ2) is 10.6. The number of nitrogens with one attached hydrogen (secondary N) is 3. The van der Waals surface area contributed by atoms with Gasteiger partial charge in [-0.05, 0) is 37.3 Å². The SMILES string of the molecule is Cn1c(=O)n(-c2nc(C(=O)NC3=C(N4CCNCC4)C=CNC3)cs2)c2cccc(OC[C@@H]3CCCO3)c21. The van der Waals surface area contributed by atoms with Crippen molar-refractivity contribution in [1.29, 1.82) is 0 Å². The van der Waals surface area contributed by atoms with Gasteiger partial charge < -0.3 is 30.3 Å². The van der Waals surface area contributed by atoms with E-state index in [0.717, 1.165) is 57.0 Å². The van der Waals surface area contributed by atoms with Crippen LogP contribution in [0.3, 0.4) is 0 Å². The van der Waals surface area contributed by atoms with E-state index in [9.17, 15) is 9.59 Å².